The van der Waals surface area contributed by atoms with E-state index >= 15 is 0 Å². The van der Waals surface area contributed by atoms with Gasteiger partial charge in [-0.05, 0) is 82.6 Å². The minimum atomic E-state index is -0.980. The van der Waals surface area contributed by atoms with Gasteiger partial charge in [0.1, 0.15) is 0 Å². The second kappa shape index (κ2) is 14.5. The van der Waals surface area contributed by atoms with Gasteiger partial charge >= 0.3 is 11.9 Å². The number of hydrogen-bond donors (Lipinski definition) is 2. The van der Waals surface area contributed by atoms with Crippen LogP contribution < -0.4 is 9.80 Å². The van der Waals surface area contributed by atoms with E-state index in [0.717, 1.165) is 57.6 Å². The third kappa shape index (κ3) is 6.18. The van der Waals surface area contributed by atoms with Crippen LogP contribution in [0, 0.1) is 13.1 Å². The zero-order valence-electron chi connectivity index (χ0n) is 32.2. The van der Waals surface area contributed by atoms with Crippen LogP contribution in [0.3, 0.4) is 0 Å². The van der Waals surface area contributed by atoms with E-state index in [2.05, 4.69) is 9.69 Å². The zero-order valence-corrected chi connectivity index (χ0v) is 32.2. The lowest BCUT2D eigenvalue weighted by Crippen LogP contribution is -2.32. The third-order valence-corrected chi connectivity index (χ3v) is 12.4. The van der Waals surface area contributed by atoms with Gasteiger partial charge in [-0.1, -0.05) is 109 Å². The SMILES string of the molecule is [C-]#[N+]c1ccc([C@@H]2C[C@@]23C(=O)N(Cc2cccc(C(=O)O)c2)c2ccccc23)cc1.[C-]#[N+]c1ccc([C@H]2C[C@]23C(=O)N(Cc2cccc(C(=O)O)c2)c2ccccc23)cc1. The number of amides is 2. The van der Waals surface area contributed by atoms with E-state index in [1.54, 1.807) is 70.5 Å². The van der Waals surface area contributed by atoms with Crippen molar-refractivity contribution in [3.8, 4) is 0 Å². The molecule has 2 N–H and O–H groups in total. The van der Waals surface area contributed by atoms with E-state index in [9.17, 15) is 29.4 Å². The van der Waals surface area contributed by atoms with E-state index < -0.39 is 22.8 Å². The van der Waals surface area contributed by atoms with Gasteiger partial charge in [-0.2, -0.15) is 0 Å². The minimum absolute atomic E-state index is 0.0590. The summed E-state index contributed by atoms with van der Waals surface area (Å²) in [5, 5.41) is 18.5. The molecule has 6 aromatic carbocycles. The second-order valence-corrected chi connectivity index (χ2v) is 15.7. The molecule has 10 heteroatoms. The quantitative estimate of drug-likeness (QED) is 0.148. The third-order valence-electron chi connectivity index (χ3n) is 12.4. The molecule has 2 fully saturated rings. The van der Waals surface area contributed by atoms with Gasteiger partial charge in [0.15, 0.2) is 11.4 Å². The Balaban J connectivity index is 0.000000154. The number of carboxylic acid groups (broad SMARTS) is 2. The highest BCUT2D eigenvalue weighted by Gasteiger charge is 2.68. The predicted molar refractivity (Wildman–Crippen MR) is 226 cm³/mol. The molecule has 60 heavy (non-hydrogen) atoms. The Labute approximate surface area is 346 Å². The van der Waals surface area contributed by atoms with Crippen molar-refractivity contribution in [1.82, 2.24) is 0 Å². The first-order valence-corrected chi connectivity index (χ1v) is 19.5. The van der Waals surface area contributed by atoms with Crippen LogP contribution in [0.2, 0.25) is 0 Å². The van der Waals surface area contributed by atoms with Crippen molar-refractivity contribution in [2.45, 2.75) is 48.6 Å². The van der Waals surface area contributed by atoms with Crippen LogP contribution in [-0.4, -0.2) is 34.0 Å². The summed E-state index contributed by atoms with van der Waals surface area (Å²) in [6.07, 6.45) is 1.48. The fourth-order valence-electron chi connectivity index (χ4n) is 9.35. The number of nitrogens with zero attached hydrogens (tertiary/aromatic N) is 4. The maximum absolute atomic E-state index is 13.6. The maximum atomic E-state index is 13.6. The van der Waals surface area contributed by atoms with Gasteiger partial charge in [-0.25, -0.2) is 19.3 Å². The van der Waals surface area contributed by atoms with E-state index in [4.69, 9.17) is 13.1 Å². The van der Waals surface area contributed by atoms with Gasteiger partial charge in [-0.3, -0.25) is 9.59 Å². The van der Waals surface area contributed by atoms with Crippen LogP contribution in [0.25, 0.3) is 9.69 Å². The van der Waals surface area contributed by atoms with Crippen LogP contribution in [0.1, 0.15) is 78.8 Å². The topological polar surface area (TPSA) is 124 Å². The van der Waals surface area contributed by atoms with Gasteiger partial charge < -0.3 is 20.0 Å². The maximum Gasteiger partial charge on any atom is 0.335 e. The van der Waals surface area contributed by atoms with Gasteiger partial charge in [0, 0.05) is 23.2 Å². The standard InChI is InChI=1S/2C25H18N2O3/c2*1-26-19-11-9-17(10-12-19)21-14-25(21)20-7-2-3-8-22(20)27(24(25)30)15-16-5-4-6-18(13-16)23(28)29/h2*2-13,21H,14-15H2,(H,28,29)/t2*21-,25-/m10/s1. The lowest BCUT2D eigenvalue weighted by atomic mass is 9.92. The molecule has 292 valence electrons. The first-order chi connectivity index (χ1) is 29.1. The normalized spacial score (nSPS) is 21.4. The van der Waals surface area contributed by atoms with Crippen LogP contribution >= 0.6 is 0 Å². The Hall–Kier alpha value is -7.82. The summed E-state index contributed by atoms with van der Waals surface area (Å²) in [5.74, 6) is -1.67. The Morgan fingerprint density at radius 1 is 0.550 bits per heavy atom. The highest BCUT2D eigenvalue weighted by Crippen LogP contribution is 2.67. The minimum Gasteiger partial charge on any atom is -0.478 e. The number of carbonyl (C=O) groups is 4. The van der Waals surface area contributed by atoms with Crippen molar-refractivity contribution in [2.75, 3.05) is 9.80 Å². The predicted octanol–water partition coefficient (Wildman–Crippen LogP) is 9.82. The van der Waals surface area contributed by atoms with Crippen molar-refractivity contribution in [3.63, 3.8) is 0 Å². The summed E-state index contributed by atoms with van der Waals surface area (Å²) < 4.78 is 0. The highest BCUT2D eigenvalue weighted by molar-refractivity contribution is 6.12. The Morgan fingerprint density at radius 2 is 0.933 bits per heavy atom. The molecule has 0 bridgehead atoms. The molecular formula is C50H36N4O6. The van der Waals surface area contributed by atoms with Crippen LogP contribution in [-0.2, 0) is 33.5 Å². The van der Waals surface area contributed by atoms with E-state index in [1.807, 2.05) is 84.9 Å². The molecule has 2 heterocycles. The molecule has 2 spiro atoms. The average molecular weight is 789 g/mol. The Bertz CT molecular complexity index is 2650. The number of carboxylic acids is 2. The molecule has 0 unspecified atom stereocenters. The Morgan fingerprint density at radius 3 is 1.30 bits per heavy atom. The smallest absolute Gasteiger partial charge is 0.335 e. The summed E-state index contributed by atoms with van der Waals surface area (Å²) in [4.78, 5) is 60.3. The van der Waals surface area contributed by atoms with E-state index in [-0.39, 0.29) is 34.8 Å². The number of aromatic carboxylic acids is 2. The van der Waals surface area contributed by atoms with Crippen molar-refractivity contribution >= 4 is 46.5 Å². The molecule has 10 rings (SSSR count). The van der Waals surface area contributed by atoms with Crippen molar-refractivity contribution < 1.29 is 29.4 Å². The lowest BCUT2D eigenvalue weighted by Gasteiger charge is -2.19. The molecule has 0 saturated heterocycles. The van der Waals surface area contributed by atoms with Gasteiger partial charge in [-0.15, -0.1) is 0 Å². The average Bonchev–Trinajstić information content (AvgIpc) is 4.19. The summed E-state index contributed by atoms with van der Waals surface area (Å²) in [6, 6.07) is 44.2. The molecule has 4 atom stereocenters. The first-order valence-electron chi connectivity index (χ1n) is 19.5. The number of rotatable bonds is 8. The molecule has 6 aromatic rings. The van der Waals surface area contributed by atoms with Gasteiger partial charge in [0.05, 0.1) is 48.2 Å². The molecule has 4 aliphatic rings. The highest BCUT2D eigenvalue weighted by atomic mass is 16.4. The number of para-hydroxylation sites is 2. The Kier molecular flexibility index (Phi) is 9.14. The molecule has 2 aliphatic heterocycles. The van der Waals surface area contributed by atoms with E-state index in [0.29, 0.717) is 24.5 Å². The molecular weight excluding hydrogens is 753 g/mol. The number of carbonyl (C=O) groups excluding carboxylic acids is 2. The van der Waals surface area contributed by atoms with Crippen molar-refractivity contribution in [3.05, 3.63) is 213 Å². The molecule has 10 nitrogen and oxygen atoms in total. The summed E-state index contributed by atoms with van der Waals surface area (Å²) >= 11 is 0. The van der Waals surface area contributed by atoms with E-state index in [1.165, 1.54) is 0 Å². The van der Waals surface area contributed by atoms with Gasteiger partial charge in [0.2, 0.25) is 11.8 Å². The number of hydrogen-bond acceptors (Lipinski definition) is 4. The summed E-state index contributed by atoms with van der Waals surface area (Å²) in [5.41, 5.74) is 8.03. The molecule has 2 aliphatic carbocycles. The van der Waals surface area contributed by atoms with Crippen molar-refractivity contribution in [1.29, 1.82) is 0 Å². The first kappa shape index (κ1) is 37.7. The molecule has 2 amide bonds. The summed E-state index contributed by atoms with van der Waals surface area (Å²) in [7, 11) is 0. The van der Waals surface area contributed by atoms with Crippen LogP contribution in [0.15, 0.2) is 146 Å². The fraction of sp³-hybridized carbons (Fsp3) is 0.160. The van der Waals surface area contributed by atoms with Crippen LogP contribution in [0.4, 0.5) is 22.7 Å². The second-order valence-electron chi connectivity index (χ2n) is 15.7. The van der Waals surface area contributed by atoms with Crippen molar-refractivity contribution in [2.24, 2.45) is 0 Å². The fourth-order valence-corrected chi connectivity index (χ4v) is 9.35. The summed E-state index contributed by atoms with van der Waals surface area (Å²) in [6.45, 7) is 14.9. The number of anilines is 2. The largest absolute Gasteiger partial charge is 0.478 e. The zero-order chi connectivity index (χ0) is 41.8. The van der Waals surface area contributed by atoms with Crippen LogP contribution in [0.5, 0.6) is 0 Å². The van der Waals surface area contributed by atoms with Gasteiger partial charge in [0.25, 0.3) is 0 Å². The number of fused-ring (bicyclic) bond motifs is 4. The number of benzene rings is 6. The molecule has 2 saturated carbocycles. The molecule has 0 radical (unpaired) electrons. The molecule has 0 aromatic heterocycles. The monoisotopic (exact) mass is 788 g/mol. The lowest BCUT2D eigenvalue weighted by molar-refractivity contribution is -0.121.